The summed E-state index contributed by atoms with van der Waals surface area (Å²) in [5.74, 6) is 0.735. The molecule has 0 amide bonds. The van der Waals surface area contributed by atoms with Gasteiger partial charge in [-0.1, -0.05) is 6.07 Å². The van der Waals surface area contributed by atoms with Gasteiger partial charge < -0.3 is 15.6 Å². The van der Waals surface area contributed by atoms with Crippen LogP contribution in [-0.4, -0.2) is 12.2 Å². The van der Waals surface area contributed by atoms with Crippen molar-refractivity contribution in [2.75, 3.05) is 7.11 Å². The number of benzene rings is 1. The molecule has 13 heavy (non-hydrogen) atoms. The Morgan fingerprint density at radius 1 is 1.46 bits per heavy atom. The van der Waals surface area contributed by atoms with Crippen molar-refractivity contribution in [1.29, 1.82) is 0 Å². The molecule has 1 rings (SSSR count). The van der Waals surface area contributed by atoms with E-state index in [2.05, 4.69) is 0 Å². The van der Waals surface area contributed by atoms with E-state index >= 15 is 0 Å². The Labute approximate surface area is 78.1 Å². The Balaban J connectivity index is 3.07. The molecule has 1 aromatic rings. The first-order valence-corrected chi connectivity index (χ1v) is 4.21. The van der Waals surface area contributed by atoms with Crippen LogP contribution in [0, 0.1) is 0 Å². The SMILES string of the molecule is COc1cc(CO)cc(C(C)N)c1. The number of hydrogen-bond donors (Lipinski definition) is 2. The van der Waals surface area contributed by atoms with Gasteiger partial charge in [-0.3, -0.25) is 0 Å². The number of aliphatic hydroxyl groups is 1. The van der Waals surface area contributed by atoms with Crippen LogP contribution in [0.15, 0.2) is 18.2 Å². The summed E-state index contributed by atoms with van der Waals surface area (Å²) in [6.07, 6.45) is 0. The van der Waals surface area contributed by atoms with Crippen LogP contribution in [-0.2, 0) is 6.61 Å². The fraction of sp³-hybridized carbons (Fsp3) is 0.400. The maximum atomic E-state index is 8.97. The summed E-state index contributed by atoms with van der Waals surface area (Å²) < 4.78 is 5.08. The molecule has 0 aromatic heterocycles. The third-order valence-corrected chi connectivity index (χ3v) is 1.93. The molecule has 0 fully saturated rings. The number of nitrogens with two attached hydrogens (primary N) is 1. The first-order chi connectivity index (χ1) is 6.17. The van der Waals surface area contributed by atoms with Crippen LogP contribution in [0.5, 0.6) is 5.75 Å². The second-order valence-corrected chi connectivity index (χ2v) is 3.06. The second kappa shape index (κ2) is 4.25. The summed E-state index contributed by atoms with van der Waals surface area (Å²) >= 11 is 0. The van der Waals surface area contributed by atoms with Gasteiger partial charge in [-0.05, 0) is 30.2 Å². The highest BCUT2D eigenvalue weighted by molar-refractivity contribution is 5.35. The molecule has 0 bridgehead atoms. The van der Waals surface area contributed by atoms with Gasteiger partial charge in [0.05, 0.1) is 13.7 Å². The molecule has 0 radical (unpaired) electrons. The number of ether oxygens (including phenoxy) is 1. The lowest BCUT2D eigenvalue weighted by Gasteiger charge is -2.10. The Bertz CT molecular complexity index is 262. The zero-order valence-corrected chi connectivity index (χ0v) is 7.95. The number of rotatable bonds is 3. The lowest BCUT2D eigenvalue weighted by molar-refractivity contribution is 0.281. The first-order valence-electron chi connectivity index (χ1n) is 4.21. The molecular formula is C10H15NO2. The van der Waals surface area contributed by atoms with E-state index in [0.29, 0.717) is 0 Å². The van der Waals surface area contributed by atoms with Gasteiger partial charge in [0.1, 0.15) is 5.75 Å². The van der Waals surface area contributed by atoms with Crippen molar-refractivity contribution in [3.05, 3.63) is 29.3 Å². The van der Waals surface area contributed by atoms with E-state index < -0.39 is 0 Å². The van der Waals surface area contributed by atoms with Crippen molar-refractivity contribution in [2.45, 2.75) is 19.6 Å². The van der Waals surface area contributed by atoms with Crippen molar-refractivity contribution in [3.63, 3.8) is 0 Å². The number of aliphatic hydroxyl groups excluding tert-OH is 1. The molecular weight excluding hydrogens is 166 g/mol. The van der Waals surface area contributed by atoms with Gasteiger partial charge in [0.25, 0.3) is 0 Å². The first kappa shape index (κ1) is 10.0. The van der Waals surface area contributed by atoms with E-state index in [0.717, 1.165) is 16.9 Å². The quantitative estimate of drug-likeness (QED) is 0.736. The minimum absolute atomic E-state index is 0.0108. The average Bonchev–Trinajstić information content (AvgIpc) is 2.16. The lowest BCUT2D eigenvalue weighted by Crippen LogP contribution is -2.05. The van der Waals surface area contributed by atoms with Crippen LogP contribution in [0.3, 0.4) is 0 Å². The van der Waals surface area contributed by atoms with Crippen molar-refractivity contribution in [2.24, 2.45) is 5.73 Å². The molecule has 1 aromatic carbocycles. The molecule has 0 spiro atoms. The van der Waals surface area contributed by atoms with Gasteiger partial charge in [0.15, 0.2) is 0 Å². The smallest absolute Gasteiger partial charge is 0.119 e. The molecule has 3 N–H and O–H groups in total. The minimum atomic E-state index is -0.0413. The highest BCUT2D eigenvalue weighted by Crippen LogP contribution is 2.20. The zero-order valence-electron chi connectivity index (χ0n) is 7.95. The normalized spacial score (nSPS) is 12.6. The van der Waals surface area contributed by atoms with Crippen molar-refractivity contribution >= 4 is 0 Å². The summed E-state index contributed by atoms with van der Waals surface area (Å²) in [4.78, 5) is 0. The van der Waals surface area contributed by atoms with Crippen LogP contribution in [0.1, 0.15) is 24.1 Å². The zero-order chi connectivity index (χ0) is 9.84. The van der Waals surface area contributed by atoms with Crippen molar-refractivity contribution in [1.82, 2.24) is 0 Å². The topological polar surface area (TPSA) is 55.5 Å². The van der Waals surface area contributed by atoms with Crippen LogP contribution < -0.4 is 10.5 Å². The third kappa shape index (κ3) is 2.44. The maximum absolute atomic E-state index is 8.97. The predicted octanol–water partition coefficient (Wildman–Crippen LogP) is 1.21. The van der Waals surface area contributed by atoms with Crippen LogP contribution >= 0.6 is 0 Å². The van der Waals surface area contributed by atoms with E-state index in [4.69, 9.17) is 15.6 Å². The predicted molar refractivity (Wildman–Crippen MR) is 51.5 cm³/mol. The van der Waals surface area contributed by atoms with E-state index in [9.17, 15) is 0 Å². The molecule has 3 heteroatoms. The summed E-state index contributed by atoms with van der Waals surface area (Å²) in [6, 6.07) is 5.52. The van der Waals surface area contributed by atoms with Crippen LogP contribution in [0.2, 0.25) is 0 Å². The molecule has 0 saturated heterocycles. The van der Waals surface area contributed by atoms with Gasteiger partial charge in [-0.15, -0.1) is 0 Å². The monoisotopic (exact) mass is 181 g/mol. The Morgan fingerprint density at radius 3 is 2.62 bits per heavy atom. The number of methoxy groups -OCH3 is 1. The molecule has 72 valence electrons. The average molecular weight is 181 g/mol. The molecule has 0 aliphatic carbocycles. The van der Waals surface area contributed by atoms with Crippen molar-refractivity contribution in [3.8, 4) is 5.75 Å². The molecule has 0 heterocycles. The summed E-state index contributed by atoms with van der Waals surface area (Å²) in [5, 5.41) is 8.97. The fourth-order valence-corrected chi connectivity index (χ4v) is 1.16. The Morgan fingerprint density at radius 2 is 2.15 bits per heavy atom. The lowest BCUT2D eigenvalue weighted by atomic mass is 10.1. The number of hydrogen-bond acceptors (Lipinski definition) is 3. The van der Waals surface area contributed by atoms with Crippen LogP contribution in [0.25, 0.3) is 0 Å². The van der Waals surface area contributed by atoms with Gasteiger partial charge >= 0.3 is 0 Å². The van der Waals surface area contributed by atoms with Crippen LogP contribution in [0.4, 0.5) is 0 Å². The highest BCUT2D eigenvalue weighted by atomic mass is 16.5. The molecule has 0 aliphatic heterocycles. The van der Waals surface area contributed by atoms with E-state index in [1.165, 1.54) is 0 Å². The largest absolute Gasteiger partial charge is 0.497 e. The van der Waals surface area contributed by atoms with E-state index in [1.807, 2.05) is 19.1 Å². The third-order valence-electron chi connectivity index (χ3n) is 1.93. The minimum Gasteiger partial charge on any atom is -0.497 e. The summed E-state index contributed by atoms with van der Waals surface area (Å²) in [6.45, 7) is 1.91. The Kier molecular flexibility index (Phi) is 3.28. The molecule has 0 saturated carbocycles. The Hall–Kier alpha value is -1.06. The maximum Gasteiger partial charge on any atom is 0.119 e. The molecule has 1 unspecified atom stereocenters. The van der Waals surface area contributed by atoms with Gasteiger partial charge in [0.2, 0.25) is 0 Å². The van der Waals surface area contributed by atoms with Gasteiger partial charge in [0, 0.05) is 6.04 Å². The van der Waals surface area contributed by atoms with E-state index in [1.54, 1.807) is 13.2 Å². The second-order valence-electron chi connectivity index (χ2n) is 3.06. The molecule has 3 nitrogen and oxygen atoms in total. The fourth-order valence-electron chi connectivity index (χ4n) is 1.16. The van der Waals surface area contributed by atoms with Gasteiger partial charge in [-0.2, -0.15) is 0 Å². The molecule has 0 aliphatic rings. The standard InChI is InChI=1S/C10H15NO2/c1-7(11)9-3-8(6-12)4-10(5-9)13-2/h3-5,7,12H,6,11H2,1-2H3. The van der Waals surface area contributed by atoms with E-state index in [-0.39, 0.29) is 12.6 Å². The van der Waals surface area contributed by atoms with Crippen molar-refractivity contribution < 1.29 is 9.84 Å². The summed E-state index contributed by atoms with van der Waals surface area (Å²) in [5.41, 5.74) is 7.52. The summed E-state index contributed by atoms with van der Waals surface area (Å²) in [7, 11) is 1.60. The molecule has 1 atom stereocenters. The highest BCUT2D eigenvalue weighted by Gasteiger charge is 2.03. The van der Waals surface area contributed by atoms with Gasteiger partial charge in [-0.25, -0.2) is 0 Å².